The second-order valence-electron chi connectivity index (χ2n) is 5.14. The Morgan fingerprint density at radius 2 is 2.10 bits per heavy atom. The summed E-state index contributed by atoms with van der Waals surface area (Å²) in [6.45, 7) is 3.82. The van der Waals surface area contributed by atoms with E-state index in [1.54, 1.807) is 0 Å². The number of piperidine rings is 1. The van der Waals surface area contributed by atoms with Gasteiger partial charge < -0.3 is 16.0 Å². The number of nitrogens with two attached hydrogens (primary N) is 1. The van der Waals surface area contributed by atoms with E-state index < -0.39 is 0 Å². The zero-order valence-corrected chi connectivity index (χ0v) is 11.9. The van der Waals surface area contributed by atoms with E-state index in [0.29, 0.717) is 0 Å². The molecule has 3 N–H and O–H groups in total. The molecule has 0 aromatic heterocycles. The number of hydrogen-bond acceptors (Lipinski definition) is 2. The fraction of sp³-hybridized carbons (Fsp3) is 0.467. The molecule has 108 valence electrons. The lowest BCUT2D eigenvalue weighted by molar-refractivity contribution is -0.130. The molecule has 1 aliphatic heterocycles. The van der Waals surface area contributed by atoms with E-state index in [0.717, 1.165) is 37.2 Å². The van der Waals surface area contributed by atoms with Crippen LogP contribution in [0.1, 0.15) is 24.8 Å². The highest BCUT2D eigenvalue weighted by Gasteiger charge is 2.15. The molecule has 5 heteroatoms. The Morgan fingerprint density at radius 1 is 1.35 bits per heavy atom. The van der Waals surface area contributed by atoms with Crippen LogP contribution in [0.15, 0.2) is 29.3 Å². The van der Waals surface area contributed by atoms with Crippen molar-refractivity contribution in [2.75, 3.05) is 25.0 Å². The van der Waals surface area contributed by atoms with Gasteiger partial charge in [0.05, 0.1) is 0 Å². The zero-order valence-electron chi connectivity index (χ0n) is 11.9. The largest absolute Gasteiger partial charge is 0.370 e. The summed E-state index contributed by atoms with van der Waals surface area (Å²) in [5.41, 5.74) is 7.83. The van der Waals surface area contributed by atoms with Gasteiger partial charge in [-0.2, -0.15) is 0 Å². The molecule has 0 spiro atoms. The number of carbonyl (C=O) groups is 1. The number of aliphatic imine (C=N–C) groups is 1. The maximum atomic E-state index is 11.9. The number of nitrogens with one attached hydrogen (secondary N) is 1. The van der Waals surface area contributed by atoms with Gasteiger partial charge in [0.2, 0.25) is 5.91 Å². The van der Waals surface area contributed by atoms with Crippen LogP contribution in [0.5, 0.6) is 0 Å². The summed E-state index contributed by atoms with van der Waals surface area (Å²) < 4.78 is 0. The van der Waals surface area contributed by atoms with Crippen molar-refractivity contribution in [2.45, 2.75) is 26.2 Å². The lowest BCUT2D eigenvalue weighted by Gasteiger charge is -2.26. The quantitative estimate of drug-likeness (QED) is 0.651. The maximum Gasteiger partial charge on any atom is 0.244 e. The molecule has 0 atom stereocenters. The van der Waals surface area contributed by atoms with Crippen LogP contribution in [0.25, 0.3) is 0 Å². The summed E-state index contributed by atoms with van der Waals surface area (Å²) in [6, 6.07) is 7.86. The lowest BCUT2D eigenvalue weighted by Crippen LogP contribution is -2.37. The monoisotopic (exact) mass is 274 g/mol. The predicted octanol–water partition coefficient (Wildman–Crippen LogP) is 1.73. The second-order valence-corrected chi connectivity index (χ2v) is 5.14. The number of aryl methyl sites for hydroxylation is 1. The fourth-order valence-corrected chi connectivity index (χ4v) is 2.31. The molecule has 0 radical (unpaired) electrons. The lowest BCUT2D eigenvalue weighted by atomic mass is 10.1. The summed E-state index contributed by atoms with van der Waals surface area (Å²) >= 11 is 0. The molecule has 20 heavy (non-hydrogen) atoms. The maximum absolute atomic E-state index is 11.9. The Hall–Kier alpha value is -2.04. The molecule has 0 aliphatic carbocycles. The van der Waals surface area contributed by atoms with Crippen LogP contribution < -0.4 is 11.1 Å². The third kappa shape index (κ3) is 4.26. The molecule has 0 saturated carbocycles. The Labute approximate surface area is 119 Å². The minimum absolute atomic E-state index is 0.0543. The van der Waals surface area contributed by atoms with E-state index in [4.69, 9.17) is 5.73 Å². The van der Waals surface area contributed by atoms with Gasteiger partial charge in [0, 0.05) is 18.8 Å². The molecule has 5 nitrogen and oxygen atoms in total. The molecule has 1 amide bonds. The molecule has 1 aromatic carbocycles. The normalized spacial score (nSPS) is 16.1. The van der Waals surface area contributed by atoms with Crippen LogP contribution in [0.2, 0.25) is 0 Å². The third-order valence-electron chi connectivity index (χ3n) is 3.38. The summed E-state index contributed by atoms with van der Waals surface area (Å²) in [5.74, 6) is 0.333. The van der Waals surface area contributed by atoms with Crippen LogP contribution in [-0.2, 0) is 4.79 Å². The van der Waals surface area contributed by atoms with Gasteiger partial charge in [0.25, 0.3) is 0 Å². The topological polar surface area (TPSA) is 70.7 Å². The van der Waals surface area contributed by atoms with Crippen LogP contribution >= 0.6 is 0 Å². The van der Waals surface area contributed by atoms with Crippen molar-refractivity contribution in [3.05, 3.63) is 29.8 Å². The zero-order chi connectivity index (χ0) is 14.4. The van der Waals surface area contributed by atoms with Gasteiger partial charge in [-0.15, -0.1) is 0 Å². The number of rotatable bonds is 3. The van der Waals surface area contributed by atoms with Gasteiger partial charge in [-0.05, 0) is 43.9 Å². The minimum atomic E-state index is 0.0543. The number of hydrogen-bond donors (Lipinski definition) is 2. The van der Waals surface area contributed by atoms with Crippen LogP contribution in [0.3, 0.4) is 0 Å². The first-order valence-corrected chi connectivity index (χ1v) is 7.06. The smallest absolute Gasteiger partial charge is 0.244 e. The third-order valence-corrected chi connectivity index (χ3v) is 3.38. The number of amides is 1. The summed E-state index contributed by atoms with van der Waals surface area (Å²) in [4.78, 5) is 17.9. The van der Waals surface area contributed by atoms with Crippen molar-refractivity contribution >= 4 is 17.6 Å². The molecule has 1 aromatic rings. The van der Waals surface area contributed by atoms with Crippen LogP contribution in [-0.4, -0.2) is 36.4 Å². The van der Waals surface area contributed by atoms with Crippen molar-refractivity contribution in [1.82, 2.24) is 4.90 Å². The van der Waals surface area contributed by atoms with Gasteiger partial charge in [-0.25, -0.2) is 4.99 Å². The summed E-state index contributed by atoms with van der Waals surface area (Å²) in [5, 5.41) is 3.00. The van der Waals surface area contributed by atoms with Crippen molar-refractivity contribution < 1.29 is 4.79 Å². The summed E-state index contributed by atoms with van der Waals surface area (Å²) in [6.07, 6.45) is 3.39. The molecule has 0 bridgehead atoms. The van der Waals surface area contributed by atoms with E-state index in [9.17, 15) is 4.79 Å². The first-order chi connectivity index (χ1) is 9.65. The Kier molecular flexibility index (Phi) is 4.98. The first kappa shape index (κ1) is 14.4. The number of guanidine groups is 1. The molecule has 1 aliphatic rings. The van der Waals surface area contributed by atoms with Crippen molar-refractivity contribution in [1.29, 1.82) is 0 Å². The van der Waals surface area contributed by atoms with Gasteiger partial charge in [-0.1, -0.05) is 12.1 Å². The Bertz CT molecular complexity index is 492. The molecule has 1 fully saturated rings. The average Bonchev–Trinajstić information content (AvgIpc) is 2.46. The van der Waals surface area contributed by atoms with Gasteiger partial charge in [-0.3, -0.25) is 4.79 Å². The minimum Gasteiger partial charge on any atom is -0.370 e. The highest BCUT2D eigenvalue weighted by molar-refractivity contribution is 5.93. The fourth-order valence-electron chi connectivity index (χ4n) is 2.31. The number of nitrogens with zero attached hydrogens (tertiary/aromatic N) is 2. The Morgan fingerprint density at radius 3 is 2.80 bits per heavy atom. The average molecular weight is 274 g/mol. The molecule has 2 rings (SSSR count). The van der Waals surface area contributed by atoms with Crippen molar-refractivity contribution in [3.8, 4) is 0 Å². The summed E-state index contributed by atoms with van der Waals surface area (Å²) in [7, 11) is 0. The molecular weight excluding hydrogens is 252 g/mol. The number of likely N-dealkylation sites (tertiary alicyclic amines) is 1. The van der Waals surface area contributed by atoms with Gasteiger partial charge in [0.1, 0.15) is 6.54 Å². The highest BCUT2D eigenvalue weighted by Crippen LogP contribution is 2.10. The van der Waals surface area contributed by atoms with Crippen molar-refractivity contribution in [3.63, 3.8) is 0 Å². The SMILES string of the molecule is Cc1cccc(NC(N)=NCC(=O)N2CCCCC2)c1. The number of carbonyl (C=O) groups excluding carboxylic acids is 1. The number of benzene rings is 1. The number of anilines is 1. The van der Waals surface area contributed by atoms with Crippen LogP contribution in [0.4, 0.5) is 5.69 Å². The van der Waals surface area contributed by atoms with Gasteiger partial charge >= 0.3 is 0 Å². The molecule has 0 unspecified atom stereocenters. The second kappa shape index (κ2) is 6.93. The molecule has 1 saturated heterocycles. The molecule has 1 heterocycles. The Balaban J connectivity index is 1.85. The van der Waals surface area contributed by atoms with Crippen LogP contribution in [0, 0.1) is 6.92 Å². The van der Waals surface area contributed by atoms with Crippen molar-refractivity contribution in [2.24, 2.45) is 10.7 Å². The standard InChI is InChI=1S/C15H22N4O/c1-12-6-5-7-13(10-12)18-15(16)17-11-14(20)19-8-3-2-4-9-19/h5-7,10H,2-4,8-9,11H2,1H3,(H3,16,17,18). The van der Waals surface area contributed by atoms with E-state index in [1.807, 2.05) is 36.1 Å². The first-order valence-electron chi connectivity index (χ1n) is 7.06. The highest BCUT2D eigenvalue weighted by atomic mass is 16.2. The van der Waals surface area contributed by atoms with E-state index in [-0.39, 0.29) is 18.4 Å². The van der Waals surface area contributed by atoms with Gasteiger partial charge in [0.15, 0.2) is 5.96 Å². The van der Waals surface area contributed by atoms with E-state index >= 15 is 0 Å². The molecular formula is C15H22N4O. The van der Waals surface area contributed by atoms with E-state index in [1.165, 1.54) is 6.42 Å². The van der Waals surface area contributed by atoms with E-state index in [2.05, 4.69) is 10.3 Å². The predicted molar refractivity (Wildman–Crippen MR) is 81.7 cm³/mol.